The van der Waals surface area contributed by atoms with E-state index in [1.807, 2.05) is 18.2 Å². The van der Waals surface area contributed by atoms with Crippen LogP contribution in [0.1, 0.15) is 56.3 Å². The van der Waals surface area contributed by atoms with E-state index in [0.717, 1.165) is 36.4 Å². The lowest BCUT2D eigenvalue weighted by molar-refractivity contribution is 0.0938. The summed E-state index contributed by atoms with van der Waals surface area (Å²) in [5, 5.41) is 9.72. The van der Waals surface area contributed by atoms with Gasteiger partial charge in [0.05, 0.1) is 11.4 Å². The minimum absolute atomic E-state index is 0.0214. The number of nitrogens with one attached hydrogen (secondary N) is 3. The zero-order valence-corrected chi connectivity index (χ0v) is 13.2. The first kappa shape index (κ1) is 15.7. The minimum Gasteiger partial charge on any atom is -0.382 e. The zero-order valence-electron chi connectivity index (χ0n) is 13.2. The number of benzene rings is 1. The van der Waals surface area contributed by atoms with Crippen molar-refractivity contribution < 1.29 is 4.79 Å². The molecule has 1 aliphatic rings. The van der Waals surface area contributed by atoms with E-state index in [1.54, 1.807) is 0 Å². The van der Waals surface area contributed by atoms with Gasteiger partial charge in [0.25, 0.3) is 5.91 Å². The van der Waals surface area contributed by atoms with Gasteiger partial charge in [0.2, 0.25) is 0 Å². The molecule has 0 bridgehead atoms. The van der Waals surface area contributed by atoms with Crippen molar-refractivity contribution in [2.45, 2.75) is 52.0 Å². The van der Waals surface area contributed by atoms with Gasteiger partial charge in [0, 0.05) is 24.7 Å². The van der Waals surface area contributed by atoms with Crippen LogP contribution in [0, 0.1) is 0 Å². The largest absolute Gasteiger partial charge is 0.382 e. The standard InChI is InChI=1S/C17H27N3O/c1-3-4-5-6-7-13(2)20-17(21)14-8-9-15-16(12-14)19-11-10-18-15/h8-9,12-13,18-19H,3-7,10-11H2,1-2H3,(H,20,21). The Bertz CT molecular complexity index is 473. The number of rotatable bonds is 7. The molecule has 0 aromatic heterocycles. The molecule has 2 rings (SSSR count). The molecule has 0 spiro atoms. The molecule has 0 radical (unpaired) electrons. The number of carbonyl (C=O) groups is 1. The van der Waals surface area contributed by atoms with Gasteiger partial charge in [-0.25, -0.2) is 0 Å². The van der Waals surface area contributed by atoms with Crippen molar-refractivity contribution in [3.05, 3.63) is 23.8 Å². The van der Waals surface area contributed by atoms with E-state index in [2.05, 4.69) is 29.8 Å². The molecule has 1 unspecified atom stereocenters. The van der Waals surface area contributed by atoms with Crippen molar-refractivity contribution in [1.82, 2.24) is 5.32 Å². The second-order valence-corrected chi connectivity index (χ2v) is 5.84. The lowest BCUT2D eigenvalue weighted by Crippen LogP contribution is -2.32. The molecule has 0 saturated heterocycles. The highest BCUT2D eigenvalue weighted by Crippen LogP contribution is 2.25. The maximum absolute atomic E-state index is 12.3. The molecule has 21 heavy (non-hydrogen) atoms. The van der Waals surface area contributed by atoms with E-state index >= 15 is 0 Å². The monoisotopic (exact) mass is 289 g/mol. The fraction of sp³-hybridized carbons (Fsp3) is 0.588. The Labute approximate surface area is 127 Å². The highest BCUT2D eigenvalue weighted by atomic mass is 16.1. The average molecular weight is 289 g/mol. The molecule has 4 nitrogen and oxygen atoms in total. The van der Waals surface area contributed by atoms with Gasteiger partial charge in [-0.3, -0.25) is 4.79 Å². The quantitative estimate of drug-likeness (QED) is 0.672. The third-order valence-electron chi connectivity index (χ3n) is 3.91. The minimum atomic E-state index is 0.0214. The van der Waals surface area contributed by atoms with Crippen molar-refractivity contribution >= 4 is 17.3 Å². The maximum atomic E-state index is 12.3. The fourth-order valence-corrected chi connectivity index (χ4v) is 2.64. The summed E-state index contributed by atoms with van der Waals surface area (Å²) in [4.78, 5) is 12.3. The Morgan fingerprint density at radius 3 is 2.71 bits per heavy atom. The molecule has 1 aliphatic heterocycles. The molecule has 1 amide bonds. The summed E-state index contributed by atoms with van der Waals surface area (Å²) in [6, 6.07) is 6.03. The van der Waals surface area contributed by atoms with E-state index in [1.165, 1.54) is 25.7 Å². The Balaban J connectivity index is 1.85. The van der Waals surface area contributed by atoms with Gasteiger partial charge in [0.1, 0.15) is 0 Å². The molecule has 1 heterocycles. The van der Waals surface area contributed by atoms with Crippen LogP contribution in [0.3, 0.4) is 0 Å². The van der Waals surface area contributed by atoms with Crippen molar-refractivity contribution in [3.8, 4) is 0 Å². The molecule has 1 aromatic carbocycles. The molecular weight excluding hydrogens is 262 g/mol. The Morgan fingerprint density at radius 1 is 1.19 bits per heavy atom. The molecule has 1 aromatic rings. The number of carbonyl (C=O) groups excluding carboxylic acids is 1. The van der Waals surface area contributed by atoms with Gasteiger partial charge >= 0.3 is 0 Å². The third-order valence-corrected chi connectivity index (χ3v) is 3.91. The van der Waals surface area contributed by atoms with Crippen LogP contribution in [0.4, 0.5) is 11.4 Å². The summed E-state index contributed by atoms with van der Waals surface area (Å²) in [6.07, 6.45) is 6.02. The number of amides is 1. The number of hydrogen-bond donors (Lipinski definition) is 3. The van der Waals surface area contributed by atoms with Crippen LogP contribution in [0.2, 0.25) is 0 Å². The number of anilines is 2. The van der Waals surface area contributed by atoms with Gasteiger partial charge in [0.15, 0.2) is 0 Å². The highest BCUT2D eigenvalue weighted by Gasteiger charge is 2.13. The SMILES string of the molecule is CCCCCCC(C)NC(=O)c1ccc2c(c1)NCCN2. The second kappa shape index (κ2) is 7.91. The van der Waals surface area contributed by atoms with E-state index in [-0.39, 0.29) is 11.9 Å². The van der Waals surface area contributed by atoms with Crippen LogP contribution in [-0.2, 0) is 0 Å². The van der Waals surface area contributed by atoms with E-state index < -0.39 is 0 Å². The molecule has 3 N–H and O–H groups in total. The van der Waals surface area contributed by atoms with Gasteiger partial charge in [-0.05, 0) is 31.5 Å². The Kier molecular flexibility index (Phi) is 5.90. The number of unbranched alkanes of at least 4 members (excludes halogenated alkanes) is 3. The lowest BCUT2D eigenvalue weighted by atomic mass is 10.1. The van der Waals surface area contributed by atoms with Crippen molar-refractivity contribution in [1.29, 1.82) is 0 Å². The topological polar surface area (TPSA) is 53.2 Å². The van der Waals surface area contributed by atoms with Gasteiger partial charge < -0.3 is 16.0 Å². The average Bonchev–Trinajstić information content (AvgIpc) is 2.51. The highest BCUT2D eigenvalue weighted by molar-refractivity contribution is 5.96. The summed E-state index contributed by atoms with van der Waals surface area (Å²) in [5.74, 6) is 0.0214. The van der Waals surface area contributed by atoms with E-state index in [9.17, 15) is 4.79 Å². The van der Waals surface area contributed by atoms with Crippen LogP contribution in [0.25, 0.3) is 0 Å². The van der Waals surface area contributed by atoms with Gasteiger partial charge in [-0.15, -0.1) is 0 Å². The fourth-order valence-electron chi connectivity index (χ4n) is 2.64. The second-order valence-electron chi connectivity index (χ2n) is 5.84. The molecule has 1 atom stereocenters. The van der Waals surface area contributed by atoms with Crippen molar-refractivity contribution in [2.75, 3.05) is 23.7 Å². The first-order chi connectivity index (χ1) is 10.2. The van der Waals surface area contributed by atoms with Crippen LogP contribution in [-0.4, -0.2) is 25.0 Å². The van der Waals surface area contributed by atoms with Crippen LogP contribution >= 0.6 is 0 Å². The molecule has 0 aliphatic carbocycles. The summed E-state index contributed by atoms with van der Waals surface area (Å²) < 4.78 is 0. The first-order valence-corrected chi connectivity index (χ1v) is 8.13. The zero-order chi connectivity index (χ0) is 15.1. The molecular formula is C17H27N3O. The van der Waals surface area contributed by atoms with E-state index in [4.69, 9.17) is 0 Å². The number of hydrogen-bond acceptors (Lipinski definition) is 3. The van der Waals surface area contributed by atoms with E-state index in [0.29, 0.717) is 0 Å². The molecule has 4 heteroatoms. The maximum Gasteiger partial charge on any atom is 0.251 e. The van der Waals surface area contributed by atoms with Crippen molar-refractivity contribution in [2.24, 2.45) is 0 Å². The third kappa shape index (κ3) is 4.66. The lowest BCUT2D eigenvalue weighted by Gasteiger charge is -2.21. The van der Waals surface area contributed by atoms with Gasteiger partial charge in [-0.2, -0.15) is 0 Å². The summed E-state index contributed by atoms with van der Waals surface area (Å²) in [6.45, 7) is 6.12. The number of fused-ring (bicyclic) bond motifs is 1. The Morgan fingerprint density at radius 2 is 1.95 bits per heavy atom. The molecule has 0 fully saturated rings. The summed E-state index contributed by atoms with van der Waals surface area (Å²) >= 11 is 0. The van der Waals surface area contributed by atoms with Crippen LogP contribution < -0.4 is 16.0 Å². The van der Waals surface area contributed by atoms with Crippen molar-refractivity contribution in [3.63, 3.8) is 0 Å². The van der Waals surface area contributed by atoms with Crippen LogP contribution in [0.15, 0.2) is 18.2 Å². The molecule has 0 saturated carbocycles. The predicted molar refractivity (Wildman–Crippen MR) is 89.1 cm³/mol. The summed E-state index contributed by atoms with van der Waals surface area (Å²) in [5.41, 5.74) is 2.82. The summed E-state index contributed by atoms with van der Waals surface area (Å²) in [7, 11) is 0. The Hall–Kier alpha value is -1.71. The predicted octanol–water partition coefficient (Wildman–Crippen LogP) is 3.61. The van der Waals surface area contributed by atoms with Crippen LogP contribution in [0.5, 0.6) is 0 Å². The normalized spacial score (nSPS) is 14.6. The first-order valence-electron chi connectivity index (χ1n) is 8.13. The molecule has 116 valence electrons. The van der Waals surface area contributed by atoms with Gasteiger partial charge in [-0.1, -0.05) is 32.6 Å². The smallest absolute Gasteiger partial charge is 0.251 e.